The number of hydrogen-bond acceptors (Lipinski definition) is 4. The molecule has 0 spiro atoms. The summed E-state index contributed by atoms with van der Waals surface area (Å²) in [5.41, 5.74) is 1.97. The largest absolute Gasteiger partial charge is 0.476 e. The van der Waals surface area contributed by atoms with E-state index in [1.165, 1.54) is 5.56 Å². The molecule has 0 fully saturated rings. The van der Waals surface area contributed by atoms with E-state index in [1.807, 2.05) is 24.3 Å². The van der Waals surface area contributed by atoms with E-state index in [2.05, 4.69) is 17.2 Å². The number of hydrogen-bond donors (Lipinski definition) is 2. The first-order chi connectivity index (χ1) is 8.69. The summed E-state index contributed by atoms with van der Waals surface area (Å²) in [5, 5.41) is 11.6. The van der Waals surface area contributed by atoms with E-state index in [-0.39, 0.29) is 11.7 Å². The predicted molar refractivity (Wildman–Crippen MR) is 67.2 cm³/mol. The number of oxazole rings is 1. The smallest absolute Gasteiger partial charge is 0.357 e. The SMILES string of the molecule is CCCc1ccc(Nc2nc(C(=O)O)co2)cc1. The second kappa shape index (κ2) is 5.35. The van der Waals surface area contributed by atoms with Gasteiger partial charge in [-0.1, -0.05) is 25.5 Å². The highest BCUT2D eigenvalue weighted by atomic mass is 16.4. The van der Waals surface area contributed by atoms with Crippen LogP contribution in [-0.2, 0) is 6.42 Å². The zero-order valence-corrected chi connectivity index (χ0v) is 10.0. The van der Waals surface area contributed by atoms with Crippen molar-refractivity contribution < 1.29 is 14.3 Å². The molecule has 0 radical (unpaired) electrons. The normalized spacial score (nSPS) is 10.3. The Morgan fingerprint density at radius 2 is 2.11 bits per heavy atom. The van der Waals surface area contributed by atoms with Gasteiger partial charge in [0.15, 0.2) is 5.69 Å². The Morgan fingerprint density at radius 3 is 2.67 bits per heavy atom. The molecule has 94 valence electrons. The molecule has 0 atom stereocenters. The van der Waals surface area contributed by atoms with Crippen molar-refractivity contribution in [2.45, 2.75) is 19.8 Å². The van der Waals surface area contributed by atoms with Crippen LogP contribution in [0.15, 0.2) is 34.9 Å². The summed E-state index contributed by atoms with van der Waals surface area (Å²) in [6.07, 6.45) is 3.26. The summed E-state index contributed by atoms with van der Waals surface area (Å²) in [6, 6.07) is 8.04. The van der Waals surface area contributed by atoms with E-state index in [4.69, 9.17) is 9.52 Å². The van der Waals surface area contributed by atoms with Gasteiger partial charge in [0.2, 0.25) is 0 Å². The Balaban J connectivity index is 2.06. The fourth-order valence-electron chi connectivity index (χ4n) is 1.60. The number of benzene rings is 1. The van der Waals surface area contributed by atoms with Crippen molar-refractivity contribution in [3.63, 3.8) is 0 Å². The van der Waals surface area contributed by atoms with Crippen LogP contribution in [0.3, 0.4) is 0 Å². The Hall–Kier alpha value is -2.30. The quantitative estimate of drug-likeness (QED) is 0.847. The van der Waals surface area contributed by atoms with Crippen molar-refractivity contribution in [1.82, 2.24) is 4.98 Å². The Labute approximate surface area is 104 Å². The van der Waals surface area contributed by atoms with Crippen LogP contribution in [0, 0.1) is 0 Å². The first-order valence-corrected chi connectivity index (χ1v) is 5.74. The first-order valence-electron chi connectivity index (χ1n) is 5.74. The van der Waals surface area contributed by atoms with Gasteiger partial charge in [-0.25, -0.2) is 4.79 Å². The van der Waals surface area contributed by atoms with Gasteiger partial charge in [-0.2, -0.15) is 4.98 Å². The second-order valence-electron chi connectivity index (χ2n) is 3.91. The molecule has 1 aromatic heterocycles. The number of aromatic nitrogens is 1. The molecular weight excluding hydrogens is 232 g/mol. The van der Waals surface area contributed by atoms with Gasteiger partial charge in [0, 0.05) is 5.69 Å². The molecule has 5 nitrogen and oxygen atoms in total. The maximum absolute atomic E-state index is 10.6. The van der Waals surface area contributed by atoms with E-state index in [0.717, 1.165) is 24.8 Å². The van der Waals surface area contributed by atoms with Gasteiger partial charge in [0.05, 0.1) is 0 Å². The van der Waals surface area contributed by atoms with Crippen LogP contribution in [0.25, 0.3) is 0 Å². The lowest BCUT2D eigenvalue weighted by Crippen LogP contribution is -1.97. The summed E-state index contributed by atoms with van der Waals surface area (Å²) < 4.78 is 5.00. The summed E-state index contributed by atoms with van der Waals surface area (Å²) in [6.45, 7) is 2.13. The second-order valence-corrected chi connectivity index (χ2v) is 3.91. The molecule has 0 saturated carbocycles. The molecular formula is C13H14N2O3. The van der Waals surface area contributed by atoms with E-state index >= 15 is 0 Å². The highest BCUT2D eigenvalue weighted by Gasteiger charge is 2.10. The summed E-state index contributed by atoms with van der Waals surface area (Å²) >= 11 is 0. The third kappa shape index (κ3) is 2.88. The van der Waals surface area contributed by atoms with E-state index in [9.17, 15) is 4.79 Å². The number of aryl methyl sites for hydroxylation is 1. The van der Waals surface area contributed by atoms with Gasteiger partial charge in [-0.3, -0.25) is 0 Å². The maximum atomic E-state index is 10.6. The number of nitrogens with one attached hydrogen (secondary N) is 1. The van der Waals surface area contributed by atoms with Crippen LogP contribution in [0.5, 0.6) is 0 Å². The molecule has 2 N–H and O–H groups in total. The number of anilines is 2. The molecule has 0 amide bonds. The fourth-order valence-corrected chi connectivity index (χ4v) is 1.60. The molecule has 18 heavy (non-hydrogen) atoms. The average Bonchev–Trinajstić information content (AvgIpc) is 2.81. The number of nitrogens with zero attached hydrogens (tertiary/aromatic N) is 1. The van der Waals surface area contributed by atoms with Crippen molar-refractivity contribution >= 4 is 17.7 Å². The van der Waals surface area contributed by atoms with Crippen LogP contribution in [-0.4, -0.2) is 16.1 Å². The van der Waals surface area contributed by atoms with Gasteiger partial charge < -0.3 is 14.8 Å². The van der Waals surface area contributed by atoms with Gasteiger partial charge >= 0.3 is 5.97 Å². The number of carboxylic acids is 1. The summed E-state index contributed by atoms with van der Waals surface area (Å²) in [5.74, 6) is -1.11. The standard InChI is InChI=1S/C13H14N2O3/c1-2-3-9-4-6-10(7-5-9)14-13-15-11(8-18-13)12(16)17/h4-8H,2-3H2,1H3,(H,14,15)(H,16,17). The zero-order valence-electron chi connectivity index (χ0n) is 10.0. The van der Waals surface area contributed by atoms with Gasteiger partial charge in [-0.05, 0) is 24.1 Å². The molecule has 2 rings (SSSR count). The predicted octanol–water partition coefficient (Wildman–Crippen LogP) is 3.07. The number of aromatic carboxylic acids is 1. The minimum absolute atomic E-state index is 0.111. The number of carbonyl (C=O) groups is 1. The molecule has 2 aromatic rings. The number of carboxylic acid groups (broad SMARTS) is 1. The zero-order chi connectivity index (χ0) is 13.0. The molecule has 0 bridgehead atoms. The Kier molecular flexibility index (Phi) is 3.62. The third-order valence-corrected chi connectivity index (χ3v) is 2.47. The van der Waals surface area contributed by atoms with Crippen LogP contribution < -0.4 is 5.32 Å². The monoisotopic (exact) mass is 246 g/mol. The fraction of sp³-hybridized carbons (Fsp3) is 0.231. The van der Waals surface area contributed by atoms with Gasteiger partial charge in [0.25, 0.3) is 6.01 Å². The summed E-state index contributed by atoms with van der Waals surface area (Å²) in [4.78, 5) is 14.4. The molecule has 1 heterocycles. The van der Waals surface area contributed by atoms with Crippen LogP contribution >= 0.6 is 0 Å². The number of rotatable bonds is 5. The highest BCUT2D eigenvalue weighted by molar-refractivity contribution is 5.85. The van der Waals surface area contributed by atoms with Crippen LogP contribution in [0.2, 0.25) is 0 Å². The van der Waals surface area contributed by atoms with Crippen molar-refractivity contribution in [2.75, 3.05) is 5.32 Å². The van der Waals surface area contributed by atoms with Crippen LogP contribution in [0.4, 0.5) is 11.7 Å². The molecule has 5 heteroatoms. The lowest BCUT2D eigenvalue weighted by atomic mass is 10.1. The van der Waals surface area contributed by atoms with Crippen molar-refractivity contribution in [2.24, 2.45) is 0 Å². The maximum Gasteiger partial charge on any atom is 0.357 e. The summed E-state index contributed by atoms with van der Waals surface area (Å²) in [7, 11) is 0. The van der Waals surface area contributed by atoms with E-state index < -0.39 is 5.97 Å². The van der Waals surface area contributed by atoms with E-state index in [0.29, 0.717) is 0 Å². The van der Waals surface area contributed by atoms with Crippen LogP contribution in [0.1, 0.15) is 29.4 Å². The highest BCUT2D eigenvalue weighted by Crippen LogP contribution is 2.17. The van der Waals surface area contributed by atoms with Gasteiger partial charge in [-0.15, -0.1) is 0 Å². The Morgan fingerprint density at radius 1 is 1.39 bits per heavy atom. The molecule has 0 aliphatic heterocycles. The third-order valence-electron chi connectivity index (χ3n) is 2.47. The molecule has 0 aliphatic carbocycles. The molecule has 0 saturated heterocycles. The molecule has 0 unspecified atom stereocenters. The van der Waals surface area contributed by atoms with Crippen molar-refractivity contribution in [1.29, 1.82) is 0 Å². The topological polar surface area (TPSA) is 75.4 Å². The van der Waals surface area contributed by atoms with E-state index in [1.54, 1.807) is 0 Å². The average molecular weight is 246 g/mol. The van der Waals surface area contributed by atoms with Crippen molar-refractivity contribution in [3.8, 4) is 0 Å². The first kappa shape index (κ1) is 12.2. The Bertz CT molecular complexity index is 531. The minimum Gasteiger partial charge on any atom is -0.476 e. The lowest BCUT2D eigenvalue weighted by molar-refractivity contribution is 0.0690. The molecule has 0 aliphatic rings. The van der Waals surface area contributed by atoms with Crippen molar-refractivity contribution in [3.05, 3.63) is 41.8 Å². The lowest BCUT2D eigenvalue weighted by Gasteiger charge is -2.03. The minimum atomic E-state index is -1.11. The van der Waals surface area contributed by atoms with Gasteiger partial charge in [0.1, 0.15) is 6.26 Å². The molecule has 1 aromatic carbocycles.